The normalized spacial score (nSPS) is 21.7. The number of nitrogens with zero attached hydrogens (tertiary/aromatic N) is 2. The van der Waals surface area contributed by atoms with E-state index in [1.165, 1.54) is 6.07 Å². The van der Waals surface area contributed by atoms with E-state index < -0.39 is 35.3 Å². The lowest BCUT2D eigenvalue weighted by Crippen LogP contribution is -2.53. The fourth-order valence-electron chi connectivity index (χ4n) is 6.80. The Kier molecular flexibility index (Phi) is 11.2. The van der Waals surface area contributed by atoms with Crippen LogP contribution in [0.4, 0.5) is 13.2 Å². The molecule has 2 aliphatic rings. The highest BCUT2D eigenvalue weighted by atomic mass is 35.5. The predicted octanol–water partition coefficient (Wildman–Crippen LogP) is 7.23. The Morgan fingerprint density at radius 1 is 0.840 bits per heavy atom. The number of aliphatic hydroxyl groups excluding tert-OH is 1. The number of hydrogen-bond donors (Lipinski definition) is 3. The van der Waals surface area contributed by atoms with Crippen molar-refractivity contribution in [2.24, 2.45) is 0 Å². The maximum atomic E-state index is 15.0. The van der Waals surface area contributed by atoms with Crippen molar-refractivity contribution in [1.82, 2.24) is 20.4 Å². The number of benzene rings is 4. The van der Waals surface area contributed by atoms with Gasteiger partial charge in [-0.1, -0.05) is 71.7 Å². The molecule has 2 fully saturated rings. The van der Waals surface area contributed by atoms with Crippen molar-refractivity contribution in [3.8, 4) is 5.75 Å². The number of halogens is 5. The van der Waals surface area contributed by atoms with Crippen molar-refractivity contribution in [3.05, 3.63) is 134 Å². The predicted molar refractivity (Wildman–Crippen MR) is 189 cm³/mol. The molecule has 4 aromatic rings. The number of ether oxygens (including phenoxy) is 1. The van der Waals surface area contributed by atoms with Crippen LogP contribution in [0, 0.1) is 0 Å². The smallest absolute Gasteiger partial charge is 0.416 e. The van der Waals surface area contributed by atoms with E-state index in [1.54, 1.807) is 43.3 Å². The second-order valence-corrected chi connectivity index (χ2v) is 13.5. The number of rotatable bonds is 11. The molecule has 0 aliphatic carbocycles. The molecule has 2 unspecified atom stereocenters. The van der Waals surface area contributed by atoms with Gasteiger partial charge in [0.1, 0.15) is 5.75 Å². The second kappa shape index (κ2) is 15.4. The zero-order chi connectivity index (χ0) is 35.5. The summed E-state index contributed by atoms with van der Waals surface area (Å²) < 4.78 is 48.7. The maximum Gasteiger partial charge on any atom is 0.416 e. The Morgan fingerprint density at radius 3 is 1.88 bits per heavy atom. The van der Waals surface area contributed by atoms with Gasteiger partial charge in [0.25, 0.3) is 0 Å². The van der Waals surface area contributed by atoms with Gasteiger partial charge in [-0.05, 0) is 66.1 Å². The maximum absolute atomic E-state index is 15.0. The molecule has 264 valence electrons. The lowest BCUT2D eigenvalue weighted by molar-refractivity contribution is -0.137. The lowest BCUT2D eigenvalue weighted by atomic mass is 9.88. The van der Waals surface area contributed by atoms with E-state index in [2.05, 4.69) is 20.4 Å². The average Bonchev–Trinajstić information content (AvgIpc) is 3.51. The number of aliphatic hydroxyl groups is 1. The number of carbonyl (C=O) groups excluding carboxylic acids is 1. The van der Waals surface area contributed by atoms with E-state index in [-0.39, 0.29) is 24.5 Å². The standard InChI is InChI=1S/C38H39Cl2F3N4O3/c1-2-50-33-16-11-29(38(41,42)43)23-32(33)37(36(49)28-5-3-25(4-6-28)24-47-19-17-46(18-20-47)21-22-48)44-34(26-7-12-30(39)13-8-26)35(45-37)27-9-14-31(40)15-10-27/h3-16,23,34-35,44-45,48H,2,17-22,24H2,1H3. The molecular formula is C38H39Cl2F3N4O3. The summed E-state index contributed by atoms with van der Waals surface area (Å²) in [6.45, 7) is 6.81. The highest BCUT2D eigenvalue weighted by Gasteiger charge is 2.53. The first-order chi connectivity index (χ1) is 24.0. The number of hydrogen-bond acceptors (Lipinski definition) is 7. The van der Waals surface area contributed by atoms with Gasteiger partial charge in [0.15, 0.2) is 5.66 Å². The van der Waals surface area contributed by atoms with E-state index in [0.29, 0.717) is 28.7 Å². The zero-order valence-corrected chi connectivity index (χ0v) is 29.0. The fourth-order valence-corrected chi connectivity index (χ4v) is 7.06. The Bertz CT molecular complexity index is 1710. The van der Waals surface area contributed by atoms with Gasteiger partial charge in [-0.2, -0.15) is 13.2 Å². The van der Waals surface area contributed by atoms with Gasteiger partial charge in [0.05, 0.1) is 30.9 Å². The third kappa shape index (κ3) is 7.87. The van der Waals surface area contributed by atoms with Gasteiger partial charge in [0, 0.05) is 60.4 Å². The molecule has 2 heterocycles. The van der Waals surface area contributed by atoms with Gasteiger partial charge in [0.2, 0.25) is 5.78 Å². The van der Waals surface area contributed by atoms with E-state index in [9.17, 15) is 18.3 Å². The number of nitrogens with one attached hydrogen (secondary N) is 2. The molecular weight excluding hydrogens is 688 g/mol. The van der Waals surface area contributed by atoms with Crippen molar-refractivity contribution in [1.29, 1.82) is 0 Å². The summed E-state index contributed by atoms with van der Waals surface area (Å²) in [5.41, 5.74) is 0.148. The van der Waals surface area contributed by atoms with Gasteiger partial charge in [-0.25, -0.2) is 0 Å². The van der Waals surface area contributed by atoms with E-state index in [1.807, 2.05) is 36.4 Å². The summed E-state index contributed by atoms with van der Waals surface area (Å²) in [4.78, 5) is 19.5. The van der Waals surface area contributed by atoms with Gasteiger partial charge in [-0.3, -0.25) is 25.2 Å². The summed E-state index contributed by atoms with van der Waals surface area (Å²) in [7, 11) is 0. The van der Waals surface area contributed by atoms with E-state index in [4.69, 9.17) is 27.9 Å². The third-order valence-electron chi connectivity index (χ3n) is 9.39. The summed E-state index contributed by atoms with van der Waals surface area (Å²) in [5, 5.41) is 17.3. The molecule has 0 spiro atoms. The van der Waals surface area contributed by atoms with Crippen molar-refractivity contribution in [3.63, 3.8) is 0 Å². The van der Waals surface area contributed by atoms with Crippen LogP contribution in [-0.2, 0) is 18.4 Å². The molecule has 0 bridgehead atoms. The van der Waals surface area contributed by atoms with Crippen LogP contribution in [0.15, 0.2) is 91.0 Å². The number of β-amino-alcohol motifs (C(OH)–C–C–N with tert-alkyl or cyclic N) is 1. The molecule has 12 heteroatoms. The van der Waals surface area contributed by atoms with Crippen molar-refractivity contribution in [2.45, 2.75) is 37.4 Å². The topological polar surface area (TPSA) is 77.1 Å². The van der Waals surface area contributed by atoms with Crippen LogP contribution in [-0.4, -0.2) is 66.6 Å². The molecule has 4 aromatic carbocycles. The minimum absolute atomic E-state index is 0.0272. The first-order valence-corrected chi connectivity index (χ1v) is 17.4. The minimum atomic E-state index is -4.67. The number of alkyl halides is 3. The number of piperazine rings is 1. The summed E-state index contributed by atoms with van der Waals surface area (Å²) >= 11 is 12.5. The summed E-state index contributed by atoms with van der Waals surface area (Å²) in [6.07, 6.45) is -4.67. The molecule has 50 heavy (non-hydrogen) atoms. The second-order valence-electron chi connectivity index (χ2n) is 12.6. The van der Waals surface area contributed by atoms with Crippen LogP contribution < -0.4 is 15.4 Å². The molecule has 6 rings (SSSR count). The van der Waals surface area contributed by atoms with Gasteiger partial charge >= 0.3 is 6.18 Å². The molecule has 0 saturated carbocycles. The third-order valence-corrected chi connectivity index (χ3v) is 9.89. The van der Waals surface area contributed by atoms with Crippen LogP contribution >= 0.6 is 23.2 Å². The molecule has 2 aliphatic heterocycles. The number of Topliss-reactive ketones (excluding diaryl/α,β-unsaturated/α-hetero) is 1. The molecule has 7 nitrogen and oxygen atoms in total. The lowest BCUT2D eigenvalue weighted by Gasteiger charge is -2.34. The van der Waals surface area contributed by atoms with E-state index >= 15 is 4.79 Å². The highest BCUT2D eigenvalue weighted by molar-refractivity contribution is 6.30. The fraction of sp³-hybridized carbons (Fsp3) is 0.342. The molecule has 0 aromatic heterocycles. The minimum Gasteiger partial charge on any atom is -0.493 e. The zero-order valence-electron chi connectivity index (χ0n) is 27.5. The first kappa shape index (κ1) is 36.3. The van der Waals surface area contributed by atoms with Crippen LogP contribution in [0.5, 0.6) is 5.75 Å². The van der Waals surface area contributed by atoms with Gasteiger partial charge < -0.3 is 9.84 Å². The quantitative estimate of drug-likeness (QED) is 0.141. The van der Waals surface area contributed by atoms with Crippen molar-refractivity contribution >= 4 is 29.0 Å². The molecule has 2 atom stereocenters. The Hall–Kier alpha value is -3.48. The Balaban J connectivity index is 1.43. The van der Waals surface area contributed by atoms with Crippen LogP contribution in [0.25, 0.3) is 0 Å². The van der Waals surface area contributed by atoms with Crippen LogP contribution in [0.2, 0.25) is 10.0 Å². The number of carbonyl (C=O) groups is 1. The Morgan fingerprint density at radius 2 is 1.38 bits per heavy atom. The van der Waals surface area contributed by atoms with Gasteiger partial charge in [-0.15, -0.1) is 0 Å². The molecule has 2 saturated heterocycles. The van der Waals surface area contributed by atoms with E-state index in [0.717, 1.165) is 55.0 Å². The van der Waals surface area contributed by atoms with Crippen LogP contribution in [0.3, 0.4) is 0 Å². The molecule has 3 N–H and O–H groups in total. The van der Waals surface area contributed by atoms with Crippen molar-refractivity contribution in [2.75, 3.05) is 45.9 Å². The summed E-state index contributed by atoms with van der Waals surface area (Å²) in [6, 6.07) is 23.6. The highest BCUT2D eigenvalue weighted by Crippen LogP contribution is 2.46. The first-order valence-electron chi connectivity index (χ1n) is 16.6. The molecule has 0 radical (unpaired) electrons. The monoisotopic (exact) mass is 726 g/mol. The average molecular weight is 728 g/mol. The SMILES string of the molecule is CCOc1ccc(C(F)(F)F)cc1C1(C(=O)c2ccc(CN3CCN(CCO)CC3)cc2)NC(c2ccc(Cl)cc2)C(c2ccc(Cl)cc2)N1. The van der Waals surface area contributed by atoms with Crippen molar-refractivity contribution < 1.29 is 27.8 Å². The number of ketones is 1. The largest absolute Gasteiger partial charge is 0.493 e. The molecule has 0 amide bonds. The summed E-state index contributed by atoms with van der Waals surface area (Å²) in [5.74, 6) is -0.310. The van der Waals surface area contributed by atoms with Crippen LogP contribution in [0.1, 0.15) is 57.2 Å². The Labute approximate surface area is 299 Å².